The number of carbonyl (C=O) groups is 7. The SMILES string of the molecule is CC(C)(C)N(c1ccc2cc(C(=O)[O-])ccc2c1)C(C)(C)C.CCCCN(CCCC)c1ccc2cc(C(=O)[O-])ccc2c1.CCN(CC)c1ccc2cc(C(=O)[O-])ccc2c1.CN(C)c1ccc2cc(C(=O)[O-])ccc2c1.CN1CCN(c2ccc(C(=O)[O-])cc2)CC1.O=C([O-])c1ccc(N2CCSCC2)cc1.O=C([O-])c1ccc2cc(N(C3CCCCC3)C3CCCCC3)ccc2c1. The second kappa shape index (κ2) is 49.9. The van der Waals surface area contributed by atoms with E-state index in [1.54, 1.807) is 91.0 Å². The summed E-state index contributed by atoms with van der Waals surface area (Å²) >= 11 is 1.96. The van der Waals surface area contributed by atoms with Crippen molar-refractivity contribution in [2.45, 2.75) is 182 Å². The Labute approximate surface area is 800 Å². The molecule has 0 bridgehead atoms. The third-order valence-corrected chi connectivity index (χ3v) is 26.1. The van der Waals surface area contributed by atoms with E-state index in [1.807, 2.05) is 122 Å². The summed E-state index contributed by atoms with van der Waals surface area (Å²) in [6, 6.07) is 71.6. The number of rotatable bonds is 24. The van der Waals surface area contributed by atoms with Crippen LogP contribution in [0.25, 0.3) is 53.9 Å². The average Bonchev–Trinajstić information content (AvgIpc) is 0.766. The third kappa shape index (κ3) is 30.1. The number of hydrogen-bond acceptors (Lipinski definition) is 23. The maximum atomic E-state index is 11.1. The van der Waals surface area contributed by atoms with Gasteiger partial charge in [0.25, 0.3) is 0 Å². The van der Waals surface area contributed by atoms with Crippen molar-refractivity contribution in [3.05, 3.63) is 269 Å². The number of carboxylic acids is 7. The number of unbranched alkanes of at least 4 members (excludes halogenated alkanes) is 2. The standard InChI is InChI=1S/C23H29NO2.2C19H25NO2.C15H17NO2.C13H13NO2.C12H16N2O2.C11H13NO2S/c25-23(26)19-12-11-18-16-22(14-13-17(18)15-19)24(20-7-3-1-4-8-20)21-9-5-2-6-10-21;1-18(2,3)20(19(4,5)6)16-10-9-13-11-15(17(21)22)8-7-14(13)12-16;1-3-5-11-20(12-6-4-2)18-10-9-15-13-17(19(21)22)8-7-16(15)14-18;1-3-16(4-2)14-8-7-11-9-13(15(17)18)6-5-12(11)10-14;1-14(2)12-6-5-9-7-11(13(15)16)4-3-10(9)8-12;1-13-6-8-14(9-7-13)11-4-2-10(3-5-11)12(15)16;13-11(14)9-1-3-10(4-2-9)12-5-7-15-8-6-12/h11-16,20-21H,1-10H2,(H,25,26);7-12H,1-6H3,(H,21,22);7-10,13-14H,3-6,11-12H2,1-2H3,(H,21,22);5-10H,3-4H2,1-2H3,(H,17,18);3-8H,1-2H3,(H,15,16);2-5H,6-9H2,1H3,(H,15,16);1-4H,5-8H2,(H,13,14)/p-7. The summed E-state index contributed by atoms with van der Waals surface area (Å²) in [7, 11) is 6.05. The van der Waals surface area contributed by atoms with Gasteiger partial charge in [0.15, 0.2) is 0 Å². The number of nitrogens with zero attached hydrogens (tertiary/aromatic N) is 8. The van der Waals surface area contributed by atoms with E-state index in [0.717, 1.165) is 159 Å². The first-order valence-corrected chi connectivity index (χ1v) is 48.6. The van der Waals surface area contributed by atoms with Crippen LogP contribution in [0.5, 0.6) is 0 Å². The molecule has 0 atom stereocenters. The number of benzene rings is 12. The van der Waals surface area contributed by atoms with Gasteiger partial charge in [0.05, 0.1) is 41.8 Å². The fraction of sp³-hybridized carbons (Fsp3) is 0.384. The van der Waals surface area contributed by atoms with Gasteiger partial charge in [0.2, 0.25) is 0 Å². The highest BCUT2D eigenvalue weighted by Gasteiger charge is 2.33. The van der Waals surface area contributed by atoms with Crippen molar-refractivity contribution in [2.75, 3.05) is 132 Å². The van der Waals surface area contributed by atoms with Gasteiger partial charge < -0.3 is 109 Å². The van der Waals surface area contributed by atoms with Crippen LogP contribution in [-0.2, 0) is 0 Å². The summed E-state index contributed by atoms with van der Waals surface area (Å²) < 4.78 is 0. The second-order valence-electron chi connectivity index (χ2n) is 37.2. The molecule has 0 unspecified atom stereocenters. The highest BCUT2D eigenvalue weighted by Crippen LogP contribution is 2.39. The molecule has 2 aliphatic carbocycles. The molecule has 12 aromatic carbocycles. The highest BCUT2D eigenvalue weighted by atomic mass is 32.2. The number of piperazine rings is 1. The maximum absolute atomic E-state index is 11.1. The minimum absolute atomic E-state index is 0.0170. The fourth-order valence-electron chi connectivity index (χ4n) is 18.2. The first kappa shape index (κ1) is 104. The number of aromatic carboxylic acids is 7. The van der Waals surface area contributed by atoms with Gasteiger partial charge in [-0.3, -0.25) is 0 Å². The van der Waals surface area contributed by atoms with E-state index in [0.29, 0.717) is 12.1 Å². The summed E-state index contributed by atoms with van der Waals surface area (Å²) in [5, 5.41) is 85.6. The van der Waals surface area contributed by atoms with E-state index in [4.69, 9.17) is 0 Å². The Balaban J connectivity index is 0.000000164. The molecule has 4 aliphatic rings. The lowest BCUT2D eigenvalue weighted by atomic mass is 9.88. The Morgan fingerprint density at radius 3 is 0.896 bits per heavy atom. The van der Waals surface area contributed by atoms with Gasteiger partial charge in [-0.1, -0.05) is 180 Å². The van der Waals surface area contributed by atoms with Crippen molar-refractivity contribution in [3.63, 3.8) is 0 Å². The zero-order chi connectivity index (χ0) is 97.6. The van der Waals surface area contributed by atoms with Crippen LogP contribution in [-0.4, -0.2) is 168 Å². The lowest BCUT2D eigenvalue weighted by Gasteiger charge is -2.47. The Hall–Kier alpha value is -12.9. The maximum Gasteiger partial charge on any atom is 0.0715 e. The minimum atomic E-state index is -1.14. The van der Waals surface area contributed by atoms with E-state index < -0.39 is 41.8 Å². The summed E-state index contributed by atoms with van der Waals surface area (Å²) in [5.74, 6) is -5.61. The molecule has 0 radical (unpaired) electrons. The van der Waals surface area contributed by atoms with E-state index in [-0.39, 0.29) is 50.0 Å². The molecule has 0 spiro atoms. The van der Waals surface area contributed by atoms with Gasteiger partial charge in [0, 0.05) is 154 Å². The molecule has 0 N–H and O–H groups in total. The normalized spacial score (nSPS) is 14.1. The Morgan fingerprint density at radius 2 is 0.585 bits per heavy atom. The van der Waals surface area contributed by atoms with Gasteiger partial charge in [0.1, 0.15) is 0 Å². The monoisotopic (exact) mass is 1840 g/mol. The third-order valence-electron chi connectivity index (χ3n) is 25.2. The van der Waals surface area contributed by atoms with Crippen molar-refractivity contribution < 1.29 is 69.3 Å². The fourth-order valence-corrected chi connectivity index (χ4v) is 19.1. The molecule has 2 aliphatic heterocycles. The lowest BCUT2D eigenvalue weighted by molar-refractivity contribution is -0.256. The van der Waals surface area contributed by atoms with E-state index in [9.17, 15) is 69.3 Å². The van der Waals surface area contributed by atoms with Crippen LogP contribution in [0, 0.1) is 0 Å². The van der Waals surface area contributed by atoms with Gasteiger partial charge in [-0.25, -0.2) is 0 Å². The van der Waals surface area contributed by atoms with Crippen molar-refractivity contribution >= 4 is 147 Å². The molecule has 12 aromatic rings. The highest BCUT2D eigenvalue weighted by molar-refractivity contribution is 7.99. The molecule has 2 saturated carbocycles. The Morgan fingerprint density at radius 1 is 0.319 bits per heavy atom. The molecule has 135 heavy (non-hydrogen) atoms. The molecule has 0 aromatic heterocycles. The van der Waals surface area contributed by atoms with E-state index >= 15 is 0 Å². The first-order chi connectivity index (χ1) is 64.5. The molecule has 22 nitrogen and oxygen atoms in total. The average molecular weight is 1850 g/mol. The van der Waals surface area contributed by atoms with Crippen molar-refractivity contribution in [3.8, 4) is 0 Å². The summed E-state index contributed by atoms with van der Waals surface area (Å²) in [5.41, 5.74) is 9.67. The Kier molecular flexibility index (Phi) is 38.5. The number of fused-ring (bicyclic) bond motifs is 5. The lowest BCUT2D eigenvalue weighted by Crippen LogP contribution is -2.53. The molecule has 16 rings (SSSR count). The van der Waals surface area contributed by atoms with Gasteiger partial charge in [-0.2, -0.15) is 11.8 Å². The number of anilines is 7. The van der Waals surface area contributed by atoms with Gasteiger partial charge in [-0.15, -0.1) is 0 Å². The molecule has 716 valence electrons. The second-order valence-corrected chi connectivity index (χ2v) is 38.4. The molecule has 23 heteroatoms. The quantitative estimate of drug-likeness (QED) is 0.0542. The summed E-state index contributed by atoms with van der Waals surface area (Å²) in [4.78, 5) is 94.3. The summed E-state index contributed by atoms with van der Waals surface area (Å²) in [6.07, 6.45) is 18.1. The Bertz CT molecular complexity index is 5920. The van der Waals surface area contributed by atoms with Crippen molar-refractivity contribution in [1.29, 1.82) is 0 Å². The predicted molar refractivity (Wildman–Crippen MR) is 540 cm³/mol. The van der Waals surface area contributed by atoms with Crippen LogP contribution >= 0.6 is 11.8 Å². The number of carboxylic acid groups (broad SMARTS) is 7. The number of hydrogen-bond donors (Lipinski definition) is 0. The van der Waals surface area contributed by atoms with Gasteiger partial charge >= 0.3 is 0 Å². The number of carbonyl (C=O) groups excluding carboxylic acids is 7. The zero-order valence-corrected chi connectivity index (χ0v) is 81.5. The predicted octanol–water partition coefficient (Wildman–Crippen LogP) is 15.6. The molecule has 4 fully saturated rings. The largest absolute Gasteiger partial charge is 0.545 e. The molecular formula is C112H131N8O14S-7. The van der Waals surface area contributed by atoms with Crippen molar-refractivity contribution in [2.24, 2.45) is 0 Å². The van der Waals surface area contributed by atoms with Gasteiger partial charge in [-0.05, 0) is 309 Å². The first-order valence-electron chi connectivity index (χ1n) is 47.5. The van der Waals surface area contributed by atoms with Crippen molar-refractivity contribution in [1.82, 2.24) is 4.90 Å². The van der Waals surface area contributed by atoms with Crippen LogP contribution < -0.4 is 70.0 Å². The van der Waals surface area contributed by atoms with Crippen LogP contribution in [0.15, 0.2) is 231 Å². The van der Waals surface area contributed by atoms with Crippen LogP contribution in [0.1, 0.15) is 232 Å². The summed E-state index contributed by atoms with van der Waals surface area (Å²) in [6.45, 7) is 32.0. The molecule has 2 heterocycles. The van der Waals surface area contributed by atoms with E-state index in [1.165, 1.54) is 101 Å². The number of thioether (sulfide) groups is 1. The molecule has 0 amide bonds. The molecule has 2 saturated heterocycles. The topological polar surface area (TPSA) is 307 Å². The smallest absolute Gasteiger partial charge is 0.0715 e. The number of likely N-dealkylation sites (N-methyl/N-ethyl adjacent to an activating group) is 1. The molecular weight excluding hydrogens is 1710 g/mol. The minimum Gasteiger partial charge on any atom is -0.545 e. The van der Waals surface area contributed by atoms with E-state index in [2.05, 4.69) is 159 Å². The van der Waals surface area contributed by atoms with Crippen LogP contribution in [0.2, 0.25) is 0 Å². The van der Waals surface area contributed by atoms with Crippen LogP contribution in [0.4, 0.5) is 39.8 Å². The zero-order valence-electron chi connectivity index (χ0n) is 80.7. The van der Waals surface area contributed by atoms with Crippen LogP contribution in [0.3, 0.4) is 0 Å².